The molecule has 1 aliphatic heterocycles. The van der Waals surface area contributed by atoms with Gasteiger partial charge < -0.3 is 21.1 Å². The Bertz CT molecular complexity index is 2340. The summed E-state index contributed by atoms with van der Waals surface area (Å²) in [4.78, 5) is 43.3. The van der Waals surface area contributed by atoms with Crippen LogP contribution < -0.4 is 16.4 Å². The van der Waals surface area contributed by atoms with Crippen molar-refractivity contribution >= 4 is 57.7 Å². The fourth-order valence-corrected chi connectivity index (χ4v) is 6.91. The number of nitrogens with one attached hydrogen (secondary N) is 2. The molecule has 1 saturated heterocycles. The first-order chi connectivity index (χ1) is 26.3. The van der Waals surface area contributed by atoms with E-state index in [9.17, 15) is 9.59 Å². The third kappa shape index (κ3) is 8.80. The number of hydrogen-bond acceptors (Lipinski definition) is 9. The first-order valence-electron chi connectivity index (χ1n) is 17.8. The van der Waals surface area contributed by atoms with Crippen molar-refractivity contribution in [2.24, 2.45) is 0 Å². The molecule has 0 spiro atoms. The number of rotatable bonds is 9. The number of carbonyl (C=O) groups excluding carboxylic acids is 2. The van der Waals surface area contributed by atoms with E-state index in [-0.39, 0.29) is 18.4 Å². The maximum Gasteiger partial charge on any atom is 0.410 e. The Morgan fingerprint density at radius 2 is 1.69 bits per heavy atom. The minimum Gasteiger partial charge on any atom is -0.445 e. The van der Waals surface area contributed by atoms with Crippen molar-refractivity contribution in [1.82, 2.24) is 19.9 Å². The summed E-state index contributed by atoms with van der Waals surface area (Å²) >= 11 is 1.61. The number of likely N-dealkylation sites (tertiary alicyclic amines) is 1. The predicted molar refractivity (Wildman–Crippen MR) is 214 cm³/mol. The summed E-state index contributed by atoms with van der Waals surface area (Å²) in [7, 11) is 0. The van der Waals surface area contributed by atoms with Gasteiger partial charge in [0.1, 0.15) is 24.8 Å². The number of aromatic nitrogens is 3. The van der Waals surface area contributed by atoms with Crippen LogP contribution in [0.3, 0.4) is 0 Å². The topological polar surface area (TPSA) is 135 Å². The van der Waals surface area contributed by atoms with Gasteiger partial charge >= 0.3 is 6.09 Å². The van der Waals surface area contributed by atoms with Gasteiger partial charge in [0.2, 0.25) is 5.91 Å². The van der Waals surface area contributed by atoms with Gasteiger partial charge in [0.25, 0.3) is 0 Å². The van der Waals surface area contributed by atoms with Gasteiger partial charge in [-0.25, -0.2) is 19.7 Å². The zero-order chi connectivity index (χ0) is 37.4. The quantitative estimate of drug-likeness (QED) is 0.0985. The number of anilines is 4. The maximum absolute atomic E-state index is 13.2. The lowest BCUT2D eigenvalue weighted by molar-refractivity contribution is -0.120. The van der Waals surface area contributed by atoms with Gasteiger partial charge in [-0.05, 0) is 103 Å². The standard InChI is InChI=1S/C43H39N7O3S/c1-28(2)36-22-21-35-40(48-36)45-27-46-41(35)49-37-25-30(14-23-39(37)54-34-19-15-32(44)16-20-34)11-10-29-12-17-33(18-13-29)47-42(51)38-9-6-24-50(38)43(52)53-26-31-7-4-3-5-8-31/h3-5,7-8,12-23,25,27-28,38H,6,9,24,26,44H2,1-2H3,(H,47,51)(H,45,46,48,49). The summed E-state index contributed by atoms with van der Waals surface area (Å²) in [5.41, 5.74) is 12.2. The highest BCUT2D eigenvalue weighted by Gasteiger charge is 2.35. The van der Waals surface area contributed by atoms with Gasteiger partial charge in [-0.3, -0.25) is 9.69 Å². The molecule has 270 valence electrons. The molecule has 4 aromatic carbocycles. The van der Waals surface area contributed by atoms with Crippen LogP contribution >= 0.6 is 11.8 Å². The van der Waals surface area contributed by atoms with Gasteiger partial charge in [0, 0.05) is 44.5 Å². The normalized spacial score (nSPS) is 13.7. The highest BCUT2D eigenvalue weighted by molar-refractivity contribution is 7.99. The van der Waals surface area contributed by atoms with Crippen LogP contribution in [0.1, 0.15) is 55.0 Å². The number of fused-ring (bicyclic) bond motifs is 1. The van der Waals surface area contributed by atoms with Crippen molar-refractivity contribution < 1.29 is 14.3 Å². The molecule has 0 aliphatic carbocycles. The molecule has 54 heavy (non-hydrogen) atoms. The van der Waals surface area contributed by atoms with Crippen LogP contribution in [0.4, 0.5) is 27.7 Å². The van der Waals surface area contributed by atoms with Crippen molar-refractivity contribution in [1.29, 1.82) is 0 Å². The van der Waals surface area contributed by atoms with Crippen molar-refractivity contribution in [3.05, 3.63) is 138 Å². The SMILES string of the molecule is CC(C)c1ccc2c(Nc3cc(C#Cc4ccc(NC(=O)C5CCCN5C(=O)OCc5ccccc5)cc4)ccc3Sc3ccc(N)cc3)ncnc2n1. The van der Waals surface area contributed by atoms with E-state index in [1.807, 2.05) is 109 Å². The van der Waals surface area contributed by atoms with E-state index in [4.69, 9.17) is 15.5 Å². The van der Waals surface area contributed by atoms with Gasteiger partial charge in [0.05, 0.1) is 11.1 Å². The maximum atomic E-state index is 13.2. The Balaban J connectivity index is 1.06. The number of nitrogens with two attached hydrogens (primary N) is 1. The van der Waals surface area contributed by atoms with Gasteiger partial charge in [-0.15, -0.1) is 0 Å². The Morgan fingerprint density at radius 3 is 2.46 bits per heavy atom. The van der Waals surface area contributed by atoms with E-state index in [1.54, 1.807) is 11.8 Å². The van der Waals surface area contributed by atoms with E-state index in [0.29, 0.717) is 35.8 Å². The largest absolute Gasteiger partial charge is 0.445 e. The molecule has 1 fully saturated rings. The summed E-state index contributed by atoms with van der Waals surface area (Å²) in [5, 5.41) is 7.30. The number of benzene rings is 4. The van der Waals surface area contributed by atoms with E-state index in [2.05, 4.69) is 46.3 Å². The molecule has 11 heteroatoms. The van der Waals surface area contributed by atoms with Crippen LogP contribution in [-0.2, 0) is 16.1 Å². The van der Waals surface area contributed by atoms with E-state index < -0.39 is 12.1 Å². The third-order valence-electron chi connectivity index (χ3n) is 8.95. The lowest BCUT2D eigenvalue weighted by Crippen LogP contribution is -2.43. The molecule has 2 amide bonds. The number of amides is 2. The number of carbonyl (C=O) groups is 2. The van der Waals surface area contributed by atoms with Gasteiger partial charge in [0.15, 0.2) is 5.65 Å². The Labute approximate surface area is 318 Å². The molecule has 7 rings (SSSR count). The Kier molecular flexibility index (Phi) is 11.0. The van der Waals surface area contributed by atoms with E-state index >= 15 is 0 Å². The monoisotopic (exact) mass is 733 g/mol. The van der Waals surface area contributed by atoms with Crippen LogP contribution in [0.2, 0.25) is 0 Å². The number of nitrogen functional groups attached to an aromatic ring is 1. The molecule has 1 aliphatic rings. The lowest BCUT2D eigenvalue weighted by atomic mass is 10.1. The van der Waals surface area contributed by atoms with Crippen molar-refractivity contribution in [3.8, 4) is 11.8 Å². The van der Waals surface area contributed by atoms with Gasteiger partial charge in [-0.1, -0.05) is 67.8 Å². The summed E-state index contributed by atoms with van der Waals surface area (Å²) in [6.07, 6.45) is 2.35. The highest BCUT2D eigenvalue weighted by Crippen LogP contribution is 2.37. The van der Waals surface area contributed by atoms with Crippen LogP contribution in [0.25, 0.3) is 11.0 Å². The molecule has 4 N–H and O–H groups in total. The van der Waals surface area contributed by atoms with Gasteiger partial charge in [-0.2, -0.15) is 0 Å². The smallest absolute Gasteiger partial charge is 0.410 e. The molecule has 1 atom stereocenters. The molecular formula is C43H39N7O3S. The van der Waals surface area contributed by atoms with Crippen LogP contribution in [0, 0.1) is 11.8 Å². The fourth-order valence-electron chi connectivity index (χ4n) is 6.03. The Morgan fingerprint density at radius 1 is 0.926 bits per heavy atom. The molecule has 6 aromatic rings. The Hall–Kier alpha value is -6.38. The second kappa shape index (κ2) is 16.5. The average molecular weight is 734 g/mol. The minimum absolute atomic E-state index is 0.160. The first kappa shape index (κ1) is 36.0. The lowest BCUT2D eigenvalue weighted by Gasteiger charge is -2.23. The first-order valence-corrected chi connectivity index (χ1v) is 18.6. The predicted octanol–water partition coefficient (Wildman–Crippen LogP) is 8.76. The molecule has 3 heterocycles. The average Bonchev–Trinajstić information content (AvgIpc) is 3.69. The molecule has 1 unspecified atom stereocenters. The van der Waals surface area contributed by atoms with Crippen molar-refractivity contribution in [2.45, 2.75) is 55.0 Å². The number of nitrogens with zero attached hydrogens (tertiary/aromatic N) is 4. The number of hydrogen-bond donors (Lipinski definition) is 3. The molecule has 0 saturated carbocycles. The molecule has 0 radical (unpaired) electrons. The zero-order valence-corrected chi connectivity index (χ0v) is 30.8. The minimum atomic E-state index is -0.592. The van der Waals surface area contributed by atoms with Crippen molar-refractivity contribution in [3.63, 3.8) is 0 Å². The highest BCUT2D eigenvalue weighted by atomic mass is 32.2. The molecule has 2 aromatic heterocycles. The summed E-state index contributed by atoms with van der Waals surface area (Å²) in [6, 6.07) is 34.0. The summed E-state index contributed by atoms with van der Waals surface area (Å²) < 4.78 is 5.50. The van der Waals surface area contributed by atoms with Crippen molar-refractivity contribution in [2.75, 3.05) is 22.9 Å². The van der Waals surface area contributed by atoms with E-state index in [1.165, 1.54) is 11.2 Å². The number of ether oxygens (including phenoxy) is 1. The summed E-state index contributed by atoms with van der Waals surface area (Å²) in [6.45, 7) is 4.85. The molecular weight excluding hydrogens is 695 g/mol. The second-order valence-electron chi connectivity index (χ2n) is 13.2. The second-order valence-corrected chi connectivity index (χ2v) is 14.3. The summed E-state index contributed by atoms with van der Waals surface area (Å²) in [5.74, 6) is 7.21. The number of pyridine rings is 1. The molecule has 0 bridgehead atoms. The van der Waals surface area contributed by atoms with Crippen LogP contribution in [-0.4, -0.2) is 44.4 Å². The van der Waals surface area contributed by atoms with Crippen LogP contribution in [0.15, 0.2) is 125 Å². The van der Waals surface area contributed by atoms with E-state index in [0.717, 1.165) is 49.7 Å². The third-order valence-corrected chi connectivity index (χ3v) is 10.0. The fraction of sp³-hybridized carbons (Fsp3) is 0.186. The zero-order valence-electron chi connectivity index (χ0n) is 30.0. The van der Waals surface area contributed by atoms with Crippen LogP contribution in [0.5, 0.6) is 0 Å². The molecule has 10 nitrogen and oxygen atoms in total.